The number of aliphatic carboxylic acids is 1. The first kappa shape index (κ1) is 16.1. The van der Waals surface area contributed by atoms with E-state index in [0.717, 1.165) is 13.1 Å². The lowest BCUT2D eigenvalue weighted by Gasteiger charge is -2.23. The van der Waals surface area contributed by atoms with Crippen LogP contribution in [0.4, 0.5) is 13.2 Å². The number of ether oxygens (including phenoxy) is 1. The van der Waals surface area contributed by atoms with Crippen LogP contribution in [-0.2, 0) is 9.53 Å². The summed E-state index contributed by atoms with van der Waals surface area (Å²) in [6.07, 6.45) is -4.71. The summed E-state index contributed by atoms with van der Waals surface area (Å²) in [6.45, 7) is 2.03. The first-order valence-electron chi connectivity index (χ1n) is 4.90. The van der Waals surface area contributed by atoms with Crippen molar-refractivity contribution in [1.29, 1.82) is 0 Å². The van der Waals surface area contributed by atoms with Crippen LogP contribution in [0.2, 0.25) is 0 Å². The van der Waals surface area contributed by atoms with Gasteiger partial charge in [-0.2, -0.15) is 13.2 Å². The van der Waals surface area contributed by atoms with Crippen LogP contribution in [0.15, 0.2) is 0 Å². The summed E-state index contributed by atoms with van der Waals surface area (Å²) in [5.74, 6) is -2.76. The van der Waals surface area contributed by atoms with Crippen LogP contribution in [0, 0.1) is 0 Å². The minimum absolute atomic E-state index is 0.370. The van der Waals surface area contributed by atoms with Gasteiger partial charge in [0.05, 0.1) is 6.10 Å². The second-order valence-corrected chi connectivity index (χ2v) is 3.77. The summed E-state index contributed by atoms with van der Waals surface area (Å²) in [6, 6.07) is 0.546. The van der Waals surface area contributed by atoms with E-state index in [-0.39, 0.29) is 0 Å². The molecule has 0 spiro atoms. The highest BCUT2D eigenvalue weighted by atomic mass is 19.4. The number of alkyl halides is 3. The van der Waals surface area contributed by atoms with Gasteiger partial charge >= 0.3 is 12.1 Å². The number of rotatable bonds is 2. The molecular weight excluding hydrogens is 241 g/mol. The minimum Gasteiger partial charge on any atom is -0.475 e. The van der Waals surface area contributed by atoms with E-state index >= 15 is 0 Å². The van der Waals surface area contributed by atoms with Crippen molar-refractivity contribution in [2.45, 2.75) is 18.3 Å². The van der Waals surface area contributed by atoms with E-state index in [9.17, 15) is 13.2 Å². The predicted octanol–water partition coefficient (Wildman–Crippen LogP) is 0.168. The topological polar surface area (TPSA) is 61.8 Å². The zero-order valence-corrected chi connectivity index (χ0v) is 9.91. The van der Waals surface area contributed by atoms with Crippen LogP contribution in [0.25, 0.3) is 0 Å². The summed E-state index contributed by atoms with van der Waals surface area (Å²) in [5, 5.41) is 10.4. The van der Waals surface area contributed by atoms with Crippen molar-refractivity contribution in [2.75, 3.05) is 34.3 Å². The molecule has 8 heteroatoms. The van der Waals surface area contributed by atoms with E-state index in [1.165, 1.54) is 0 Å². The lowest BCUT2D eigenvalue weighted by molar-refractivity contribution is -0.192. The lowest BCUT2D eigenvalue weighted by Crippen LogP contribution is -2.38. The Kier molecular flexibility index (Phi) is 6.43. The van der Waals surface area contributed by atoms with Crippen molar-refractivity contribution in [3.63, 3.8) is 0 Å². The van der Waals surface area contributed by atoms with Crippen LogP contribution < -0.4 is 5.32 Å². The average Bonchev–Trinajstić information content (AvgIpc) is 2.64. The molecule has 0 aliphatic carbocycles. The maximum Gasteiger partial charge on any atom is 0.490 e. The van der Waals surface area contributed by atoms with Crippen molar-refractivity contribution in [3.8, 4) is 0 Å². The fourth-order valence-electron chi connectivity index (χ4n) is 1.40. The monoisotopic (exact) mass is 258 g/mol. The normalized spacial score (nSPS) is 24.4. The summed E-state index contributed by atoms with van der Waals surface area (Å²) in [7, 11) is 5.95. The van der Waals surface area contributed by atoms with Gasteiger partial charge in [-0.05, 0) is 14.1 Å². The van der Waals surface area contributed by atoms with Gasteiger partial charge < -0.3 is 20.1 Å². The molecule has 1 aliphatic heterocycles. The zero-order valence-electron chi connectivity index (χ0n) is 9.91. The SMILES string of the molecule is COC1CNCC1N(C)C.O=C(O)C(F)(F)F. The fourth-order valence-corrected chi connectivity index (χ4v) is 1.40. The minimum atomic E-state index is -5.08. The van der Waals surface area contributed by atoms with Crippen molar-refractivity contribution >= 4 is 5.97 Å². The molecule has 0 saturated carbocycles. The molecule has 0 amide bonds. The van der Waals surface area contributed by atoms with Gasteiger partial charge in [-0.25, -0.2) is 4.79 Å². The van der Waals surface area contributed by atoms with Crippen LogP contribution in [0.1, 0.15) is 0 Å². The molecule has 0 aromatic heterocycles. The third-order valence-electron chi connectivity index (χ3n) is 2.34. The number of halogens is 3. The quantitative estimate of drug-likeness (QED) is 0.739. The number of carbonyl (C=O) groups is 1. The smallest absolute Gasteiger partial charge is 0.475 e. The Morgan fingerprint density at radius 1 is 1.41 bits per heavy atom. The second-order valence-electron chi connectivity index (χ2n) is 3.77. The Morgan fingerprint density at radius 3 is 2.12 bits per heavy atom. The van der Waals surface area contributed by atoms with Gasteiger partial charge in [0.1, 0.15) is 0 Å². The van der Waals surface area contributed by atoms with E-state index in [1.807, 2.05) is 0 Å². The number of nitrogens with zero attached hydrogens (tertiary/aromatic N) is 1. The Morgan fingerprint density at radius 2 is 1.88 bits per heavy atom. The van der Waals surface area contributed by atoms with Crippen LogP contribution in [0.5, 0.6) is 0 Å². The number of nitrogens with one attached hydrogen (secondary N) is 1. The zero-order chi connectivity index (χ0) is 13.6. The van der Waals surface area contributed by atoms with Gasteiger partial charge in [0.25, 0.3) is 0 Å². The van der Waals surface area contributed by atoms with E-state index < -0.39 is 12.1 Å². The Hall–Kier alpha value is -0.860. The molecule has 5 nitrogen and oxygen atoms in total. The highest BCUT2D eigenvalue weighted by molar-refractivity contribution is 5.73. The maximum absolute atomic E-state index is 10.6. The van der Waals surface area contributed by atoms with Gasteiger partial charge in [-0.1, -0.05) is 0 Å². The first-order chi connectivity index (χ1) is 7.70. The molecular formula is C9H17F3N2O3. The third-order valence-corrected chi connectivity index (χ3v) is 2.34. The van der Waals surface area contributed by atoms with E-state index in [0.29, 0.717) is 12.1 Å². The lowest BCUT2D eigenvalue weighted by atomic mass is 10.2. The van der Waals surface area contributed by atoms with Crippen LogP contribution in [0.3, 0.4) is 0 Å². The molecule has 2 atom stereocenters. The number of hydrogen-bond acceptors (Lipinski definition) is 4. The molecule has 0 bridgehead atoms. The number of methoxy groups -OCH3 is 1. The number of carboxylic acids is 1. The summed E-state index contributed by atoms with van der Waals surface area (Å²) in [4.78, 5) is 11.1. The van der Waals surface area contributed by atoms with Gasteiger partial charge in [0, 0.05) is 26.2 Å². The predicted molar refractivity (Wildman–Crippen MR) is 54.8 cm³/mol. The van der Waals surface area contributed by atoms with Gasteiger partial charge in [-0.3, -0.25) is 0 Å². The average molecular weight is 258 g/mol. The van der Waals surface area contributed by atoms with Crippen molar-refractivity contribution in [1.82, 2.24) is 10.2 Å². The number of hydrogen-bond donors (Lipinski definition) is 2. The molecule has 0 radical (unpaired) electrons. The number of carboxylic acid groups (broad SMARTS) is 1. The summed E-state index contributed by atoms with van der Waals surface area (Å²) in [5.41, 5.74) is 0. The van der Waals surface area contributed by atoms with Gasteiger partial charge in [0.15, 0.2) is 0 Å². The molecule has 17 heavy (non-hydrogen) atoms. The Labute approximate surface area is 97.5 Å². The molecule has 0 aromatic carbocycles. The summed E-state index contributed by atoms with van der Waals surface area (Å²) < 4.78 is 37.0. The van der Waals surface area contributed by atoms with Gasteiger partial charge in [-0.15, -0.1) is 0 Å². The highest BCUT2D eigenvalue weighted by Gasteiger charge is 2.38. The first-order valence-corrected chi connectivity index (χ1v) is 4.90. The number of likely N-dealkylation sites (N-methyl/N-ethyl adjacent to an activating group) is 1. The molecule has 1 saturated heterocycles. The standard InChI is InChI=1S/C7H16N2O.C2HF3O2/c1-9(2)6-4-8-5-7(6)10-3;3-2(4,5)1(6)7/h6-8H,4-5H2,1-3H3;(H,6,7). The molecule has 1 fully saturated rings. The molecule has 0 aromatic rings. The molecule has 1 aliphatic rings. The van der Waals surface area contributed by atoms with Crippen molar-refractivity contribution < 1.29 is 27.8 Å². The van der Waals surface area contributed by atoms with Gasteiger partial charge in [0.2, 0.25) is 0 Å². The Balaban J connectivity index is 0.000000325. The third kappa shape index (κ3) is 5.85. The van der Waals surface area contributed by atoms with E-state index in [4.69, 9.17) is 14.6 Å². The molecule has 1 rings (SSSR count). The van der Waals surface area contributed by atoms with E-state index in [1.54, 1.807) is 7.11 Å². The molecule has 1 heterocycles. The largest absolute Gasteiger partial charge is 0.490 e. The molecule has 2 unspecified atom stereocenters. The van der Waals surface area contributed by atoms with Crippen LogP contribution in [-0.4, -0.2) is 68.6 Å². The fraction of sp³-hybridized carbons (Fsp3) is 0.889. The highest BCUT2D eigenvalue weighted by Crippen LogP contribution is 2.13. The maximum atomic E-state index is 10.6. The summed E-state index contributed by atoms with van der Waals surface area (Å²) >= 11 is 0. The van der Waals surface area contributed by atoms with E-state index in [2.05, 4.69) is 24.3 Å². The molecule has 2 N–H and O–H groups in total. The second kappa shape index (κ2) is 6.77. The van der Waals surface area contributed by atoms with Crippen molar-refractivity contribution in [2.24, 2.45) is 0 Å². The Bertz CT molecular complexity index is 246. The molecule has 102 valence electrons. The van der Waals surface area contributed by atoms with Crippen LogP contribution >= 0.6 is 0 Å². The van der Waals surface area contributed by atoms with Crippen molar-refractivity contribution in [3.05, 3.63) is 0 Å².